The summed E-state index contributed by atoms with van der Waals surface area (Å²) in [6, 6.07) is 11.6. The molecule has 0 heterocycles. The minimum atomic E-state index is -0.816. The van der Waals surface area contributed by atoms with Gasteiger partial charge in [0.15, 0.2) is 0 Å². The van der Waals surface area contributed by atoms with Crippen molar-refractivity contribution in [3.05, 3.63) is 59.9 Å². The van der Waals surface area contributed by atoms with Gasteiger partial charge in [0, 0.05) is 5.69 Å². The number of anilines is 1. The van der Waals surface area contributed by atoms with Crippen molar-refractivity contribution in [2.75, 3.05) is 12.4 Å². The Morgan fingerprint density at radius 3 is 2.35 bits per heavy atom. The third-order valence-corrected chi connectivity index (χ3v) is 3.22. The van der Waals surface area contributed by atoms with E-state index in [-0.39, 0.29) is 5.56 Å². The number of ether oxygens (including phenoxy) is 1. The first-order chi connectivity index (χ1) is 11.0. The molecule has 0 aromatic heterocycles. The van der Waals surface area contributed by atoms with E-state index in [2.05, 4.69) is 10.6 Å². The third-order valence-electron chi connectivity index (χ3n) is 3.22. The summed E-state index contributed by atoms with van der Waals surface area (Å²) >= 11 is 0. The van der Waals surface area contributed by atoms with Crippen molar-refractivity contribution >= 4 is 17.5 Å². The average molecular weight is 316 g/mol. The van der Waals surface area contributed by atoms with E-state index in [0.717, 1.165) is 0 Å². The molecular weight excluding hydrogens is 299 g/mol. The molecule has 2 rings (SSSR count). The van der Waals surface area contributed by atoms with E-state index in [1.54, 1.807) is 37.4 Å². The van der Waals surface area contributed by atoms with Crippen molar-refractivity contribution in [1.29, 1.82) is 0 Å². The second kappa shape index (κ2) is 7.40. The van der Waals surface area contributed by atoms with Crippen LogP contribution in [0.5, 0.6) is 5.75 Å². The lowest BCUT2D eigenvalue weighted by Gasteiger charge is -2.14. The van der Waals surface area contributed by atoms with E-state index < -0.39 is 23.7 Å². The maximum Gasteiger partial charge on any atom is 0.254 e. The van der Waals surface area contributed by atoms with E-state index in [9.17, 15) is 14.0 Å². The van der Waals surface area contributed by atoms with Gasteiger partial charge >= 0.3 is 0 Å². The maximum atomic E-state index is 13.5. The van der Waals surface area contributed by atoms with Crippen molar-refractivity contribution in [1.82, 2.24) is 5.32 Å². The van der Waals surface area contributed by atoms with Crippen LogP contribution in [0.2, 0.25) is 0 Å². The molecule has 120 valence electrons. The molecule has 1 atom stereocenters. The molecule has 0 spiro atoms. The number of hydrogen-bond donors (Lipinski definition) is 2. The first-order valence-corrected chi connectivity index (χ1v) is 7.01. The quantitative estimate of drug-likeness (QED) is 0.891. The van der Waals surface area contributed by atoms with Gasteiger partial charge in [-0.1, -0.05) is 12.1 Å². The molecule has 0 unspecified atom stereocenters. The molecular formula is C17H17FN2O3. The summed E-state index contributed by atoms with van der Waals surface area (Å²) in [6.45, 7) is 1.53. The molecule has 2 aromatic rings. The lowest BCUT2D eigenvalue weighted by molar-refractivity contribution is -0.117. The minimum Gasteiger partial charge on any atom is -0.497 e. The minimum absolute atomic E-state index is 0.100. The monoisotopic (exact) mass is 316 g/mol. The Morgan fingerprint density at radius 1 is 1.09 bits per heavy atom. The van der Waals surface area contributed by atoms with Crippen LogP contribution in [-0.2, 0) is 4.79 Å². The summed E-state index contributed by atoms with van der Waals surface area (Å²) in [5.74, 6) is -1.00. The molecule has 0 radical (unpaired) electrons. The van der Waals surface area contributed by atoms with Crippen LogP contribution in [0.4, 0.5) is 10.1 Å². The van der Waals surface area contributed by atoms with Gasteiger partial charge in [-0.15, -0.1) is 0 Å². The number of amides is 2. The standard InChI is InChI=1S/C17H17FN2O3/c1-11(19-17(22)14-5-3-4-6-15(14)18)16(21)20-12-7-9-13(23-2)10-8-12/h3-11H,1-2H3,(H,19,22)(H,20,21)/t11-/m0/s1. The molecule has 23 heavy (non-hydrogen) atoms. The van der Waals surface area contributed by atoms with Gasteiger partial charge in [-0.25, -0.2) is 4.39 Å². The maximum absolute atomic E-state index is 13.5. The molecule has 2 amide bonds. The zero-order chi connectivity index (χ0) is 16.8. The van der Waals surface area contributed by atoms with Crippen molar-refractivity contribution in [2.24, 2.45) is 0 Å². The van der Waals surface area contributed by atoms with Gasteiger partial charge in [-0.2, -0.15) is 0 Å². The summed E-state index contributed by atoms with van der Waals surface area (Å²) in [5, 5.41) is 5.13. The van der Waals surface area contributed by atoms with Gasteiger partial charge in [0.2, 0.25) is 5.91 Å². The van der Waals surface area contributed by atoms with Crippen LogP contribution >= 0.6 is 0 Å². The Kier molecular flexibility index (Phi) is 5.30. The highest BCUT2D eigenvalue weighted by Gasteiger charge is 2.18. The highest BCUT2D eigenvalue weighted by atomic mass is 19.1. The normalized spacial score (nSPS) is 11.4. The number of nitrogens with one attached hydrogen (secondary N) is 2. The predicted octanol–water partition coefficient (Wildman–Crippen LogP) is 2.59. The Balaban J connectivity index is 1.96. The fraction of sp³-hybridized carbons (Fsp3) is 0.176. The van der Waals surface area contributed by atoms with Crippen molar-refractivity contribution < 1.29 is 18.7 Å². The largest absolute Gasteiger partial charge is 0.497 e. The van der Waals surface area contributed by atoms with E-state index in [4.69, 9.17) is 4.74 Å². The molecule has 0 saturated carbocycles. The second-order valence-electron chi connectivity index (χ2n) is 4.89. The average Bonchev–Trinajstić information content (AvgIpc) is 2.55. The van der Waals surface area contributed by atoms with Gasteiger partial charge < -0.3 is 15.4 Å². The van der Waals surface area contributed by atoms with E-state index in [0.29, 0.717) is 11.4 Å². The first-order valence-electron chi connectivity index (χ1n) is 7.01. The van der Waals surface area contributed by atoms with Crippen LogP contribution in [0.3, 0.4) is 0 Å². The Hall–Kier alpha value is -2.89. The van der Waals surface area contributed by atoms with Gasteiger partial charge in [-0.05, 0) is 43.3 Å². The number of rotatable bonds is 5. The van der Waals surface area contributed by atoms with Crippen LogP contribution in [0.1, 0.15) is 17.3 Å². The van der Waals surface area contributed by atoms with Crippen LogP contribution in [0.15, 0.2) is 48.5 Å². The van der Waals surface area contributed by atoms with Crippen molar-refractivity contribution in [2.45, 2.75) is 13.0 Å². The summed E-state index contributed by atoms with van der Waals surface area (Å²) < 4.78 is 18.6. The van der Waals surface area contributed by atoms with Crippen LogP contribution in [0, 0.1) is 5.82 Å². The molecule has 5 nitrogen and oxygen atoms in total. The van der Waals surface area contributed by atoms with Crippen LogP contribution < -0.4 is 15.4 Å². The lowest BCUT2D eigenvalue weighted by atomic mass is 10.2. The number of benzene rings is 2. The number of halogens is 1. The zero-order valence-electron chi connectivity index (χ0n) is 12.8. The summed E-state index contributed by atoms with van der Waals surface area (Å²) in [6.07, 6.45) is 0. The Labute approximate surface area is 133 Å². The Bertz CT molecular complexity index is 701. The molecule has 0 fully saturated rings. The first kappa shape index (κ1) is 16.5. The summed E-state index contributed by atoms with van der Waals surface area (Å²) in [5.41, 5.74) is 0.472. The molecule has 0 aliphatic rings. The summed E-state index contributed by atoms with van der Waals surface area (Å²) in [7, 11) is 1.55. The Morgan fingerprint density at radius 2 is 1.74 bits per heavy atom. The van der Waals surface area contributed by atoms with Crippen molar-refractivity contribution in [3.8, 4) is 5.75 Å². The zero-order valence-corrected chi connectivity index (χ0v) is 12.8. The molecule has 6 heteroatoms. The smallest absolute Gasteiger partial charge is 0.254 e. The van der Waals surface area contributed by atoms with E-state index in [1.807, 2.05) is 0 Å². The number of methoxy groups -OCH3 is 1. The predicted molar refractivity (Wildman–Crippen MR) is 85.0 cm³/mol. The van der Waals surface area contributed by atoms with E-state index in [1.165, 1.54) is 25.1 Å². The number of hydrogen-bond acceptors (Lipinski definition) is 3. The van der Waals surface area contributed by atoms with Gasteiger partial charge in [0.05, 0.1) is 12.7 Å². The molecule has 0 bridgehead atoms. The molecule has 0 aliphatic heterocycles. The van der Waals surface area contributed by atoms with Gasteiger partial charge in [0.1, 0.15) is 17.6 Å². The molecule has 0 aliphatic carbocycles. The topological polar surface area (TPSA) is 67.4 Å². The fourth-order valence-electron chi connectivity index (χ4n) is 1.91. The number of carbonyl (C=O) groups is 2. The van der Waals surface area contributed by atoms with E-state index >= 15 is 0 Å². The van der Waals surface area contributed by atoms with Gasteiger partial charge in [0.25, 0.3) is 5.91 Å². The lowest BCUT2D eigenvalue weighted by Crippen LogP contribution is -2.41. The van der Waals surface area contributed by atoms with Crippen molar-refractivity contribution in [3.63, 3.8) is 0 Å². The molecule has 2 aromatic carbocycles. The SMILES string of the molecule is COc1ccc(NC(=O)[C@H](C)NC(=O)c2ccccc2F)cc1. The highest BCUT2D eigenvalue weighted by molar-refractivity contribution is 6.01. The van der Waals surface area contributed by atoms with Crippen LogP contribution in [-0.4, -0.2) is 25.0 Å². The second-order valence-corrected chi connectivity index (χ2v) is 4.89. The molecule has 2 N–H and O–H groups in total. The summed E-state index contributed by atoms with van der Waals surface area (Å²) in [4.78, 5) is 24.0. The number of carbonyl (C=O) groups excluding carboxylic acids is 2. The highest BCUT2D eigenvalue weighted by Crippen LogP contribution is 2.15. The molecule has 0 saturated heterocycles. The fourth-order valence-corrected chi connectivity index (χ4v) is 1.91. The third kappa shape index (κ3) is 4.29. The van der Waals surface area contributed by atoms with Crippen LogP contribution in [0.25, 0.3) is 0 Å². The van der Waals surface area contributed by atoms with Gasteiger partial charge in [-0.3, -0.25) is 9.59 Å².